The number of halogens is 2. The molecule has 0 aliphatic carbocycles. The van der Waals surface area contributed by atoms with Gasteiger partial charge in [-0.1, -0.05) is 35.3 Å². The van der Waals surface area contributed by atoms with Crippen molar-refractivity contribution in [2.75, 3.05) is 7.11 Å². The molecule has 2 heterocycles. The van der Waals surface area contributed by atoms with Crippen molar-refractivity contribution in [3.63, 3.8) is 0 Å². The monoisotopic (exact) mass is 642 g/mol. The van der Waals surface area contributed by atoms with Crippen molar-refractivity contribution in [2.24, 2.45) is 0 Å². The van der Waals surface area contributed by atoms with Crippen LogP contribution in [0.1, 0.15) is 28.1 Å². The lowest BCUT2D eigenvalue weighted by Crippen LogP contribution is -2.23. The van der Waals surface area contributed by atoms with Crippen molar-refractivity contribution < 1.29 is 14.2 Å². The van der Waals surface area contributed by atoms with Crippen LogP contribution in [-0.2, 0) is 6.54 Å². The number of rotatable bonds is 7. The number of nitrogens with zero attached hydrogens (tertiary/aromatic N) is 5. The maximum atomic E-state index is 12.8. The summed E-state index contributed by atoms with van der Waals surface area (Å²) in [4.78, 5) is 35.0. The summed E-state index contributed by atoms with van der Waals surface area (Å²) in [5, 5.41) is 18.6. The van der Waals surface area contributed by atoms with Crippen LogP contribution in [0.4, 0.5) is 0 Å². The van der Waals surface area contributed by atoms with Crippen LogP contribution in [0.25, 0.3) is 0 Å². The van der Waals surface area contributed by atoms with Crippen LogP contribution < -0.4 is 25.3 Å². The van der Waals surface area contributed by atoms with Gasteiger partial charge in [0.25, 0.3) is 11.1 Å². The molecule has 0 saturated carbocycles. The number of hydrogen-bond donors (Lipinski definition) is 1. The molecule has 0 aliphatic rings. The molecule has 2 aromatic heterocycles. The smallest absolute Gasteiger partial charge is 0.296 e. The molecule has 0 bridgehead atoms. The minimum atomic E-state index is -0.388. The van der Waals surface area contributed by atoms with Gasteiger partial charge in [0, 0.05) is 10.0 Å². The van der Waals surface area contributed by atoms with Gasteiger partial charge in [-0.25, -0.2) is 9.97 Å². The van der Waals surface area contributed by atoms with Crippen molar-refractivity contribution in [1.82, 2.24) is 19.5 Å². The lowest BCUT2D eigenvalue weighted by Gasteiger charge is -2.12. The Morgan fingerprint density at radius 2 is 1.36 bits per heavy atom. The SMILES string of the molecule is COc1ccc(Cn2cnc(C)c(Oc3cc(Cl)cc(C#N)c3)c2=O)cc1.Cc1nc[nH]c(=O)c1Oc1cc(Cl)cc(C#N)c1. The topological polar surface area (TPSA) is 156 Å². The number of nitriles is 2. The maximum absolute atomic E-state index is 12.8. The fourth-order valence-corrected chi connectivity index (χ4v) is 4.36. The van der Waals surface area contributed by atoms with Gasteiger partial charge < -0.3 is 19.2 Å². The number of methoxy groups -OCH3 is 1. The van der Waals surface area contributed by atoms with Crippen LogP contribution in [0.2, 0.25) is 10.0 Å². The predicted molar refractivity (Wildman–Crippen MR) is 167 cm³/mol. The standard InChI is InChI=1S/C20H16ClN3O3.C12H8ClN3O2/c1-13-19(27-18-8-15(10-22)7-16(21)9-18)20(25)24(12-23-13)11-14-3-5-17(26-2)6-4-14;1-7-11(12(17)16-6-15-7)18-10-3-8(5-14)2-9(13)4-10/h3-9,12H,11H2,1-2H3;2-4,6H,1H3,(H,15,16,17). The van der Waals surface area contributed by atoms with E-state index in [2.05, 4.69) is 15.0 Å². The van der Waals surface area contributed by atoms with Gasteiger partial charge in [-0.2, -0.15) is 10.5 Å². The Hall–Kier alpha value is -5.62. The highest BCUT2D eigenvalue weighted by molar-refractivity contribution is 6.31. The van der Waals surface area contributed by atoms with Gasteiger partial charge in [0.1, 0.15) is 17.2 Å². The normalized spacial score (nSPS) is 10.1. The van der Waals surface area contributed by atoms with E-state index in [1.807, 2.05) is 36.4 Å². The molecule has 0 spiro atoms. The fourth-order valence-electron chi connectivity index (χ4n) is 3.91. The zero-order chi connectivity index (χ0) is 32.5. The van der Waals surface area contributed by atoms with Gasteiger partial charge in [-0.05, 0) is 67.9 Å². The molecule has 0 aliphatic heterocycles. The van der Waals surface area contributed by atoms with Crippen molar-refractivity contribution in [2.45, 2.75) is 20.4 Å². The largest absolute Gasteiger partial charge is 0.497 e. The van der Waals surface area contributed by atoms with Crippen LogP contribution in [0.3, 0.4) is 0 Å². The number of aromatic amines is 1. The molecule has 13 heteroatoms. The summed E-state index contributed by atoms with van der Waals surface area (Å²) in [6.45, 7) is 3.68. The zero-order valence-electron chi connectivity index (χ0n) is 24.2. The van der Waals surface area contributed by atoms with Gasteiger partial charge in [0.15, 0.2) is 0 Å². The summed E-state index contributed by atoms with van der Waals surface area (Å²) < 4.78 is 17.7. The molecule has 0 fully saturated rings. The molecule has 0 unspecified atom stereocenters. The molecule has 0 atom stereocenters. The summed E-state index contributed by atoms with van der Waals surface area (Å²) in [5.41, 5.74) is 1.82. The number of aryl methyl sites for hydroxylation is 2. The second-order valence-electron chi connectivity index (χ2n) is 9.37. The van der Waals surface area contributed by atoms with Crippen LogP contribution in [-0.4, -0.2) is 26.6 Å². The number of ether oxygens (including phenoxy) is 3. The minimum Gasteiger partial charge on any atom is -0.497 e. The Morgan fingerprint density at radius 1 is 0.800 bits per heavy atom. The molecular formula is C32H24Cl2N6O5. The van der Waals surface area contributed by atoms with Crippen molar-refractivity contribution in [3.8, 4) is 40.9 Å². The Morgan fingerprint density at radius 3 is 1.89 bits per heavy atom. The maximum Gasteiger partial charge on any atom is 0.296 e. The third-order valence-electron chi connectivity index (χ3n) is 6.12. The Balaban J connectivity index is 0.000000222. The van der Waals surface area contributed by atoms with E-state index in [0.29, 0.717) is 50.6 Å². The average Bonchev–Trinajstić information content (AvgIpc) is 3.02. The van der Waals surface area contributed by atoms with E-state index in [9.17, 15) is 9.59 Å². The Labute approximate surface area is 267 Å². The molecular weight excluding hydrogens is 619 g/mol. The Kier molecular flexibility index (Phi) is 10.6. The average molecular weight is 643 g/mol. The van der Waals surface area contributed by atoms with Crippen molar-refractivity contribution in [3.05, 3.63) is 132 Å². The molecule has 0 saturated heterocycles. The summed E-state index contributed by atoms with van der Waals surface area (Å²) in [6.07, 6.45) is 2.77. The second-order valence-corrected chi connectivity index (χ2v) is 10.2. The minimum absolute atomic E-state index is 0.0867. The molecule has 11 nitrogen and oxygen atoms in total. The first-order valence-corrected chi connectivity index (χ1v) is 13.9. The number of aromatic nitrogens is 4. The molecule has 0 radical (unpaired) electrons. The molecule has 5 aromatic rings. The van der Waals surface area contributed by atoms with Crippen LogP contribution in [0.5, 0.6) is 28.7 Å². The van der Waals surface area contributed by atoms with Gasteiger partial charge >= 0.3 is 0 Å². The van der Waals surface area contributed by atoms with Crippen molar-refractivity contribution >= 4 is 23.2 Å². The van der Waals surface area contributed by atoms with E-state index in [4.69, 9.17) is 47.9 Å². The molecule has 0 amide bonds. The second kappa shape index (κ2) is 14.7. The number of hydrogen-bond acceptors (Lipinski definition) is 9. The van der Waals surface area contributed by atoms with Crippen LogP contribution >= 0.6 is 23.2 Å². The van der Waals surface area contributed by atoms with E-state index in [1.165, 1.54) is 47.6 Å². The van der Waals surface area contributed by atoms with Crippen LogP contribution in [0, 0.1) is 36.5 Å². The molecule has 5 rings (SSSR count). The number of benzene rings is 3. The molecule has 3 aromatic carbocycles. The summed E-state index contributed by atoms with van der Waals surface area (Å²) in [6, 6.07) is 20.5. The quantitative estimate of drug-likeness (QED) is 0.214. The van der Waals surface area contributed by atoms with Crippen LogP contribution in [0.15, 0.2) is 82.9 Å². The highest BCUT2D eigenvalue weighted by Crippen LogP contribution is 2.26. The van der Waals surface area contributed by atoms with E-state index in [0.717, 1.165) is 11.3 Å². The molecule has 226 valence electrons. The highest BCUT2D eigenvalue weighted by Gasteiger charge is 2.13. The summed E-state index contributed by atoms with van der Waals surface area (Å²) in [5.74, 6) is 1.55. The summed E-state index contributed by atoms with van der Waals surface area (Å²) >= 11 is 11.8. The molecule has 45 heavy (non-hydrogen) atoms. The first-order valence-electron chi connectivity index (χ1n) is 13.1. The lowest BCUT2D eigenvalue weighted by molar-refractivity contribution is 0.414. The van der Waals surface area contributed by atoms with Gasteiger partial charge in [-0.3, -0.25) is 14.2 Å². The zero-order valence-corrected chi connectivity index (χ0v) is 25.7. The summed E-state index contributed by atoms with van der Waals surface area (Å²) in [7, 11) is 1.60. The molecule has 1 N–H and O–H groups in total. The number of nitrogens with one attached hydrogen (secondary N) is 1. The predicted octanol–water partition coefficient (Wildman–Crippen LogP) is 6.32. The van der Waals surface area contributed by atoms with Crippen molar-refractivity contribution in [1.29, 1.82) is 10.5 Å². The van der Waals surface area contributed by atoms with Gasteiger partial charge in [0.2, 0.25) is 11.5 Å². The first kappa shape index (κ1) is 32.3. The van der Waals surface area contributed by atoms with Gasteiger partial charge in [-0.15, -0.1) is 0 Å². The third kappa shape index (κ3) is 8.48. The first-order chi connectivity index (χ1) is 21.6. The fraction of sp³-hybridized carbons (Fsp3) is 0.125. The van der Waals surface area contributed by atoms with E-state index >= 15 is 0 Å². The highest BCUT2D eigenvalue weighted by atomic mass is 35.5. The van der Waals surface area contributed by atoms with E-state index < -0.39 is 0 Å². The third-order valence-corrected chi connectivity index (χ3v) is 6.55. The van der Waals surface area contributed by atoms with E-state index in [-0.39, 0.29) is 22.6 Å². The van der Waals surface area contributed by atoms with Gasteiger partial charge in [0.05, 0.1) is 61.0 Å². The lowest BCUT2D eigenvalue weighted by atomic mass is 10.2. The van der Waals surface area contributed by atoms with E-state index in [1.54, 1.807) is 27.0 Å². The Bertz CT molecular complexity index is 2050. The number of H-pyrrole nitrogens is 1.